The molecule has 0 spiro atoms. The third-order valence-electron chi connectivity index (χ3n) is 2.57. The standard InChI is InChI=1S/C14H11BrN2O/c1-9-3-2-4-12(14(9)17)18-13-7-11(15)6-5-10(13)8-16/h2-7H,17H2,1H3. The monoisotopic (exact) mass is 302 g/mol. The van der Waals surface area contributed by atoms with Crippen LogP contribution in [0.4, 0.5) is 5.69 Å². The Hall–Kier alpha value is -1.99. The molecule has 2 aromatic carbocycles. The third-order valence-corrected chi connectivity index (χ3v) is 3.06. The van der Waals surface area contributed by atoms with Crippen LogP contribution in [0.15, 0.2) is 40.9 Å². The van der Waals surface area contributed by atoms with Crippen LogP contribution >= 0.6 is 15.9 Å². The van der Waals surface area contributed by atoms with Crippen molar-refractivity contribution in [1.29, 1.82) is 5.26 Å². The zero-order valence-electron chi connectivity index (χ0n) is 9.77. The van der Waals surface area contributed by atoms with Crippen molar-refractivity contribution in [2.45, 2.75) is 6.92 Å². The van der Waals surface area contributed by atoms with E-state index in [0.29, 0.717) is 22.7 Å². The van der Waals surface area contributed by atoms with Gasteiger partial charge in [0.05, 0.1) is 11.3 Å². The zero-order valence-corrected chi connectivity index (χ0v) is 11.4. The van der Waals surface area contributed by atoms with Crippen molar-refractivity contribution < 1.29 is 4.74 Å². The van der Waals surface area contributed by atoms with E-state index >= 15 is 0 Å². The summed E-state index contributed by atoms with van der Waals surface area (Å²) >= 11 is 3.35. The number of hydrogen-bond donors (Lipinski definition) is 1. The van der Waals surface area contributed by atoms with E-state index in [2.05, 4.69) is 22.0 Å². The van der Waals surface area contributed by atoms with E-state index in [1.165, 1.54) is 0 Å². The molecule has 0 bridgehead atoms. The average Bonchev–Trinajstić information content (AvgIpc) is 2.35. The van der Waals surface area contributed by atoms with Crippen molar-refractivity contribution in [1.82, 2.24) is 0 Å². The molecule has 0 amide bonds. The van der Waals surface area contributed by atoms with Crippen molar-refractivity contribution in [3.05, 3.63) is 52.0 Å². The molecule has 0 aliphatic heterocycles. The highest BCUT2D eigenvalue weighted by atomic mass is 79.9. The number of para-hydroxylation sites is 1. The molecule has 0 fully saturated rings. The molecular formula is C14H11BrN2O. The lowest BCUT2D eigenvalue weighted by Crippen LogP contribution is -1.95. The minimum absolute atomic E-state index is 0.471. The van der Waals surface area contributed by atoms with Gasteiger partial charge >= 0.3 is 0 Å². The minimum atomic E-state index is 0.471. The number of aryl methyl sites for hydroxylation is 1. The van der Waals surface area contributed by atoms with Crippen LogP contribution in [-0.2, 0) is 0 Å². The predicted octanol–water partition coefficient (Wildman–Crippen LogP) is 4.00. The Labute approximate surface area is 114 Å². The zero-order chi connectivity index (χ0) is 13.1. The van der Waals surface area contributed by atoms with Gasteiger partial charge in [0.15, 0.2) is 5.75 Å². The Morgan fingerprint density at radius 2 is 2.00 bits per heavy atom. The van der Waals surface area contributed by atoms with E-state index in [1.807, 2.05) is 19.1 Å². The van der Waals surface area contributed by atoms with Crippen LogP contribution in [0.5, 0.6) is 11.5 Å². The second kappa shape index (κ2) is 5.11. The molecule has 0 unspecified atom stereocenters. The van der Waals surface area contributed by atoms with E-state index in [9.17, 15) is 0 Å². The van der Waals surface area contributed by atoms with Crippen LogP contribution in [0.25, 0.3) is 0 Å². The Bertz CT molecular complexity index is 632. The second-order valence-electron chi connectivity index (χ2n) is 3.84. The lowest BCUT2D eigenvalue weighted by molar-refractivity contribution is 0.483. The SMILES string of the molecule is Cc1cccc(Oc2cc(Br)ccc2C#N)c1N. The molecule has 4 heteroatoms. The molecule has 2 N–H and O–H groups in total. The van der Waals surface area contributed by atoms with Crippen molar-refractivity contribution in [3.63, 3.8) is 0 Å². The molecule has 0 saturated carbocycles. The van der Waals surface area contributed by atoms with Gasteiger partial charge in [0.1, 0.15) is 11.8 Å². The Kier molecular flexibility index (Phi) is 3.54. The molecule has 18 heavy (non-hydrogen) atoms. The Morgan fingerprint density at radius 3 is 2.72 bits per heavy atom. The van der Waals surface area contributed by atoms with Gasteiger partial charge in [-0.3, -0.25) is 0 Å². The first-order valence-electron chi connectivity index (χ1n) is 5.34. The number of nitriles is 1. The highest BCUT2D eigenvalue weighted by Gasteiger charge is 2.08. The van der Waals surface area contributed by atoms with E-state index in [1.54, 1.807) is 24.3 Å². The number of benzene rings is 2. The first-order valence-corrected chi connectivity index (χ1v) is 6.13. The van der Waals surface area contributed by atoms with Crippen molar-refractivity contribution >= 4 is 21.6 Å². The first kappa shape index (κ1) is 12.5. The summed E-state index contributed by atoms with van der Waals surface area (Å²) in [6, 6.07) is 12.9. The quantitative estimate of drug-likeness (QED) is 0.853. The van der Waals surface area contributed by atoms with E-state index in [0.717, 1.165) is 10.0 Å². The molecule has 0 saturated heterocycles. The number of anilines is 1. The molecule has 0 heterocycles. The summed E-state index contributed by atoms with van der Waals surface area (Å²) in [6.07, 6.45) is 0. The van der Waals surface area contributed by atoms with E-state index in [-0.39, 0.29) is 0 Å². The van der Waals surface area contributed by atoms with Crippen LogP contribution in [-0.4, -0.2) is 0 Å². The normalized spacial score (nSPS) is 9.83. The summed E-state index contributed by atoms with van der Waals surface area (Å²) in [6.45, 7) is 1.91. The van der Waals surface area contributed by atoms with Crippen LogP contribution in [0.1, 0.15) is 11.1 Å². The van der Waals surface area contributed by atoms with Crippen LogP contribution in [0.2, 0.25) is 0 Å². The van der Waals surface area contributed by atoms with Gasteiger partial charge in [-0.1, -0.05) is 28.1 Å². The number of hydrogen-bond acceptors (Lipinski definition) is 3. The van der Waals surface area contributed by atoms with Crippen molar-refractivity contribution in [2.24, 2.45) is 0 Å². The maximum absolute atomic E-state index is 9.03. The Balaban J connectivity index is 2.43. The minimum Gasteiger partial charge on any atom is -0.454 e. The van der Waals surface area contributed by atoms with Gasteiger partial charge in [0.2, 0.25) is 0 Å². The largest absolute Gasteiger partial charge is 0.454 e. The number of nitrogen functional groups attached to an aromatic ring is 1. The van der Waals surface area contributed by atoms with Crippen LogP contribution < -0.4 is 10.5 Å². The van der Waals surface area contributed by atoms with Gasteiger partial charge in [-0.25, -0.2) is 0 Å². The predicted molar refractivity (Wildman–Crippen MR) is 74.5 cm³/mol. The summed E-state index contributed by atoms with van der Waals surface area (Å²) < 4.78 is 6.57. The molecule has 2 aromatic rings. The highest BCUT2D eigenvalue weighted by molar-refractivity contribution is 9.10. The number of ether oxygens (including phenoxy) is 1. The van der Waals surface area contributed by atoms with E-state index < -0.39 is 0 Å². The van der Waals surface area contributed by atoms with Gasteiger partial charge in [0, 0.05) is 4.47 Å². The average molecular weight is 303 g/mol. The molecule has 2 rings (SSSR count). The molecular weight excluding hydrogens is 292 g/mol. The molecule has 0 radical (unpaired) electrons. The molecule has 0 atom stereocenters. The van der Waals surface area contributed by atoms with Crippen LogP contribution in [0, 0.1) is 18.3 Å². The molecule has 0 aliphatic rings. The number of rotatable bonds is 2. The summed E-state index contributed by atoms with van der Waals surface area (Å²) in [5, 5.41) is 9.03. The number of halogens is 1. The summed E-state index contributed by atoms with van der Waals surface area (Å²) in [5.74, 6) is 1.05. The summed E-state index contributed by atoms with van der Waals surface area (Å²) in [5.41, 5.74) is 7.94. The molecule has 90 valence electrons. The highest BCUT2D eigenvalue weighted by Crippen LogP contribution is 2.32. The smallest absolute Gasteiger partial charge is 0.150 e. The van der Waals surface area contributed by atoms with Gasteiger partial charge in [0.25, 0.3) is 0 Å². The molecule has 3 nitrogen and oxygen atoms in total. The molecule has 0 aliphatic carbocycles. The van der Waals surface area contributed by atoms with Crippen LogP contribution in [0.3, 0.4) is 0 Å². The second-order valence-corrected chi connectivity index (χ2v) is 4.76. The fraction of sp³-hybridized carbons (Fsp3) is 0.0714. The van der Waals surface area contributed by atoms with Gasteiger partial charge in [-0.2, -0.15) is 5.26 Å². The topological polar surface area (TPSA) is 59.0 Å². The first-order chi connectivity index (χ1) is 8.61. The third kappa shape index (κ3) is 2.47. The molecule has 0 aromatic heterocycles. The lowest BCUT2D eigenvalue weighted by Gasteiger charge is -2.11. The van der Waals surface area contributed by atoms with Gasteiger partial charge in [-0.05, 0) is 36.8 Å². The maximum Gasteiger partial charge on any atom is 0.150 e. The fourth-order valence-electron chi connectivity index (χ4n) is 1.53. The summed E-state index contributed by atoms with van der Waals surface area (Å²) in [4.78, 5) is 0. The number of nitrogens with zero attached hydrogens (tertiary/aromatic N) is 1. The van der Waals surface area contributed by atoms with Crippen molar-refractivity contribution in [3.8, 4) is 17.6 Å². The fourth-order valence-corrected chi connectivity index (χ4v) is 1.87. The summed E-state index contributed by atoms with van der Waals surface area (Å²) in [7, 11) is 0. The number of nitrogens with two attached hydrogens (primary N) is 1. The van der Waals surface area contributed by atoms with E-state index in [4.69, 9.17) is 15.7 Å². The Morgan fingerprint density at radius 1 is 1.22 bits per heavy atom. The maximum atomic E-state index is 9.03. The van der Waals surface area contributed by atoms with Gasteiger partial charge < -0.3 is 10.5 Å². The van der Waals surface area contributed by atoms with Crippen molar-refractivity contribution in [2.75, 3.05) is 5.73 Å². The van der Waals surface area contributed by atoms with Gasteiger partial charge in [-0.15, -0.1) is 0 Å². The lowest BCUT2D eigenvalue weighted by atomic mass is 10.2.